The lowest BCUT2D eigenvalue weighted by Gasteiger charge is -2.21. The zero-order valence-corrected chi connectivity index (χ0v) is 14.4. The molecule has 1 fully saturated rings. The molecule has 24 heavy (non-hydrogen) atoms. The van der Waals surface area contributed by atoms with E-state index in [1.807, 2.05) is 18.7 Å². The number of rotatable bonds is 7. The number of pyridine rings is 1. The topological polar surface area (TPSA) is 77.5 Å². The molecule has 3 N–H and O–H groups in total. The van der Waals surface area contributed by atoms with Crippen molar-refractivity contribution >= 4 is 11.8 Å². The Morgan fingerprint density at radius 3 is 3.04 bits per heavy atom. The highest BCUT2D eigenvalue weighted by Crippen LogP contribution is 2.21. The van der Waals surface area contributed by atoms with Gasteiger partial charge in [-0.05, 0) is 36.8 Å². The van der Waals surface area contributed by atoms with Gasteiger partial charge in [-0.3, -0.25) is 0 Å². The quantitative estimate of drug-likeness (QED) is 0.664. The minimum Gasteiger partial charge on any atom is -0.396 e. The Hall–Kier alpha value is -1.89. The summed E-state index contributed by atoms with van der Waals surface area (Å²) in [5.74, 6) is 0.00235. The summed E-state index contributed by atoms with van der Waals surface area (Å²) >= 11 is 0. The van der Waals surface area contributed by atoms with Crippen LogP contribution in [-0.2, 0) is 0 Å². The molecular formula is C17H27FN4O2. The maximum atomic E-state index is 13.7. The largest absolute Gasteiger partial charge is 0.396 e. The molecular weight excluding hydrogens is 311 g/mol. The fourth-order valence-corrected chi connectivity index (χ4v) is 2.76. The van der Waals surface area contributed by atoms with Crippen LogP contribution in [0, 0.1) is 11.2 Å². The first-order chi connectivity index (χ1) is 11.4. The van der Waals surface area contributed by atoms with E-state index in [-0.39, 0.29) is 29.9 Å². The fourth-order valence-electron chi connectivity index (χ4n) is 2.76. The van der Waals surface area contributed by atoms with Gasteiger partial charge in [0.05, 0.1) is 0 Å². The van der Waals surface area contributed by atoms with Gasteiger partial charge < -0.3 is 20.6 Å². The first kappa shape index (κ1) is 18.4. The number of aromatic nitrogens is 1. The van der Waals surface area contributed by atoms with Crippen LogP contribution in [0.1, 0.15) is 33.1 Å². The SMILES string of the molecule is CC(C)(CO)CCCNC(=O)NC1CCN(c2ncccc2F)C1. The van der Waals surface area contributed by atoms with E-state index in [0.717, 1.165) is 19.3 Å². The monoisotopic (exact) mass is 338 g/mol. The van der Waals surface area contributed by atoms with Gasteiger partial charge in [0, 0.05) is 38.5 Å². The lowest BCUT2D eigenvalue weighted by Crippen LogP contribution is -2.43. The molecule has 134 valence electrons. The van der Waals surface area contributed by atoms with Gasteiger partial charge in [0.15, 0.2) is 11.6 Å². The molecule has 6 nitrogen and oxygen atoms in total. The van der Waals surface area contributed by atoms with Gasteiger partial charge in [-0.15, -0.1) is 0 Å². The molecule has 0 bridgehead atoms. The number of urea groups is 1. The molecule has 1 unspecified atom stereocenters. The Bertz CT molecular complexity index is 553. The molecule has 2 heterocycles. The molecule has 0 radical (unpaired) electrons. The number of amides is 2. The summed E-state index contributed by atoms with van der Waals surface area (Å²) < 4.78 is 13.7. The maximum Gasteiger partial charge on any atom is 0.315 e. The number of hydrogen-bond donors (Lipinski definition) is 3. The van der Waals surface area contributed by atoms with Crippen LogP contribution < -0.4 is 15.5 Å². The van der Waals surface area contributed by atoms with Crippen LogP contribution in [0.15, 0.2) is 18.3 Å². The van der Waals surface area contributed by atoms with Crippen LogP contribution in [0.3, 0.4) is 0 Å². The lowest BCUT2D eigenvalue weighted by molar-refractivity contribution is 0.148. The molecule has 1 aromatic heterocycles. The van der Waals surface area contributed by atoms with E-state index < -0.39 is 0 Å². The van der Waals surface area contributed by atoms with Crippen molar-refractivity contribution in [2.75, 3.05) is 31.1 Å². The van der Waals surface area contributed by atoms with E-state index in [2.05, 4.69) is 15.6 Å². The second kappa shape index (κ2) is 8.28. The van der Waals surface area contributed by atoms with E-state index in [1.165, 1.54) is 6.07 Å². The number of aliphatic hydroxyl groups is 1. The average Bonchev–Trinajstić information content (AvgIpc) is 3.00. The summed E-state index contributed by atoms with van der Waals surface area (Å²) in [7, 11) is 0. The van der Waals surface area contributed by atoms with E-state index in [1.54, 1.807) is 12.3 Å². The normalized spacial score (nSPS) is 17.8. The summed E-state index contributed by atoms with van der Waals surface area (Å²) in [6.07, 6.45) is 4.00. The van der Waals surface area contributed by atoms with Crippen molar-refractivity contribution in [1.29, 1.82) is 0 Å². The van der Waals surface area contributed by atoms with Gasteiger partial charge in [-0.25, -0.2) is 14.2 Å². The van der Waals surface area contributed by atoms with E-state index in [4.69, 9.17) is 0 Å². The van der Waals surface area contributed by atoms with Gasteiger partial charge in [-0.1, -0.05) is 13.8 Å². The van der Waals surface area contributed by atoms with Crippen LogP contribution in [0.5, 0.6) is 0 Å². The molecule has 0 saturated carbocycles. The molecule has 1 aliphatic rings. The van der Waals surface area contributed by atoms with Crippen LogP contribution in [0.4, 0.5) is 15.0 Å². The number of anilines is 1. The highest BCUT2D eigenvalue weighted by molar-refractivity contribution is 5.74. The number of aliphatic hydroxyl groups excluding tert-OH is 1. The summed E-state index contributed by atoms with van der Waals surface area (Å²) in [5.41, 5.74) is -0.114. The molecule has 1 aromatic rings. The van der Waals surface area contributed by atoms with E-state index in [9.17, 15) is 14.3 Å². The molecule has 2 amide bonds. The standard InChI is InChI=1S/C17H27FN4O2/c1-17(2,12-23)7-4-9-20-16(24)21-13-6-10-22(11-13)15-14(18)5-3-8-19-15/h3,5,8,13,23H,4,6-7,9-12H2,1-2H3,(H2,20,21,24). The van der Waals surface area contributed by atoms with Crippen molar-refractivity contribution in [3.63, 3.8) is 0 Å². The smallest absolute Gasteiger partial charge is 0.315 e. The van der Waals surface area contributed by atoms with Crippen molar-refractivity contribution in [3.8, 4) is 0 Å². The van der Waals surface area contributed by atoms with Crippen LogP contribution >= 0.6 is 0 Å². The molecule has 1 saturated heterocycles. The summed E-state index contributed by atoms with van der Waals surface area (Å²) in [5, 5.41) is 14.9. The van der Waals surface area contributed by atoms with Gasteiger partial charge in [0.1, 0.15) is 0 Å². The number of nitrogens with zero attached hydrogens (tertiary/aromatic N) is 2. The first-order valence-corrected chi connectivity index (χ1v) is 8.42. The number of carbonyl (C=O) groups is 1. The van der Waals surface area contributed by atoms with Crippen LogP contribution in [0.25, 0.3) is 0 Å². The zero-order valence-electron chi connectivity index (χ0n) is 14.4. The third kappa shape index (κ3) is 5.33. The van der Waals surface area contributed by atoms with Crippen molar-refractivity contribution in [3.05, 3.63) is 24.1 Å². The van der Waals surface area contributed by atoms with E-state index in [0.29, 0.717) is 25.5 Å². The number of halogens is 1. The summed E-state index contributed by atoms with van der Waals surface area (Å²) in [4.78, 5) is 17.8. The van der Waals surface area contributed by atoms with Crippen LogP contribution in [0.2, 0.25) is 0 Å². The predicted molar refractivity (Wildman–Crippen MR) is 91.4 cm³/mol. The highest BCUT2D eigenvalue weighted by Gasteiger charge is 2.26. The van der Waals surface area contributed by atoms with Gasteiger partial charge in [0.25, 0.3) is 0 Å². The lowest BCUT2D eigenvalue weighted by atomic mass is 9.89. The Morgan fingerprint density at radius 2 is 2.33 bits per heavy atom. The van der Waals surface area contributed by atoms with Gasteiger partial charge in [-0.2, -0.15) is 0 Å². The molecule has 1 atom stereocenters. The molecule has 1 aliphatic heterocycles. The third-order valence-corrected chi connectivity index (χ3v) is 4.31. The Balaban J connectivity index is 1.69. The molecule has 2 rings (SSSR count). The summed E-state index contributed by atoms with van der Waals surface area (Å²) in [6.45, 7) is 5.93. The number of nitrogens with one attached hydrogen (secondary N) is 2. The first-order valence-electron chi connectivity index (χ1n) is 8.42. The molecule has 0 aromatic carbocycles. The Kier molecular flexibility index (Phi) is 6.36. The molecule has 0 aliphatic carbocycles. The van der Waals surface area contributed by atoms with Crippen molar-refractivity contribution < 1.29 is 14.3 Å². The van der Waals surface area contributed by atoms with E-state index >= 15 is 0 Å². The second-order valence-electron chi connectivity index (χ2n) is 7.07. The number of hydrogen-bond acceptors (Lipinski definition) is 4. The van der Waals surface area contributed by atoms with Crippen molar-refractivity contribution in [2.24, 2.45) is 5.41 Å². The maximum absolute atomic E-state index is 13.7. The van der Waals surface area contributed by atoms with Crippen LogP contribution in [-0.4, -0.2) is 48.4 Å². The molecule has 0 spiro atoms. The minimum absolute atomic E-state index is 0.0136. The van der Waals surface area contributed by atoms with Gasteiger partial charge in [0.2, 0.25) is 0 Å². The number of carbonyl (C=O) groups excluding carboxylic acids is 1. The van der Waals surface area contributed by atoms with Gasteiger partial charge >= 0.3 is 6.03 Å². The zero-order chi connectivity index (χ0) is 17.6. The fraction of sp³-hybridized carbons (Fsp3) is 0.647. The minimum atomic E-state index is -0.339. The predicted octanol–water partition coefficient (Wildman–Crippen LogP) is 1.90. The Morgan fingerprint density at radius 1 is 1.54 bits per heavy atom. The summed E-state index contributed by atoms with van der Waals surface area (Å²) in [6, 6.07) is 2.74. The Labute approximate surface area is 142 Å². The van der Waals surface area contributed by atoms with Crippen molar-refractivity contribution in [2.45, 2.75) is 39.2 Å². The molecule has 7 heteroatoms. The third-order valence-electron chi connectivity index (χ3n) is 4.31. The highest BCUT2D eigenvalue weighted by atomic mass is 19.1. The second-order valence-corrected chi connectivity index (χ2v) is 7.07. The van der Waals surface area contributed by atoms with Crippen molar-refractivity contribution in [1.82, 2.24) is 15.6 Å². The average molecular weight is 338 g/mol.